The first-order chi connectivity index (χ1) is 8.67. The van der Waals surface area contributed by atoms with E-state index in [1.165, 1.54) is 5.56 Å². The minimum Gasteiger partial charge on any atom is -0.372 e. The van der Waals surface area contributed by atoms with Crippen molar-refractivity contribution < 1.29 is 9.53 Å². The second-order valence-corrected chi connectivity index (χ2v) is 4.49. The van der Waals surface area contributed by atoms with Gasteiger partial charge in [0.05, 0.1) is 6.04 Å². The second-order valence-electron chi connectivity index (χ2n) is 4.49. The lowest BCUT2D eigenvalue weighted by molar-refractivity contribution is -0.126. The second kappa shape index (κ2) is 7.88. The summed E-state index contributed by atoms with van der Waals surface area (Å²) in [7, 11) is 0. The van der Waals surface area contributed by atoms with Crippen molar-refractivity contribution in [3.05, 3.63) is 35.4 Å². The van der Waals surface area contributed by atoms with Crippen LogP contribution in [0.1, 0.15) is 43.9 Å². The molecule has 0 aliphatic heterocycles. The summed E-state index contributed by atoms with van der Waals surface area (Å²) in [4.78, 5) is 11.7. The fraction of sp³-hybridized carbons (Fsp3) is 0.533. The Labute approximate surface area is 110 Å². The van der Waals surface area contributed by atoms with Crippen molar-refractivity contribution in [3.8, 4) is 0 Å². The van der Waals surface area contributed by atoms with Gasteiger partial charge >= 0.3 is 0 Å². The number of hydrogen-bond donors (Lipinski definition) is 1. The molecular formula is C15H23NO2. The van der Waals surface area contributed by atoms with Crippen LogP contribution in [0, 0.1) is 6.92 Å². The van der Waals surface area contributed by atoms with Crippen LogP contribution in [0.5, 0.6) is 0 Å². The summed E-state index contributed by atoms with van der Waals surface area (Å²) in [5, 5.41) is 3.00. The quantitative estimate of drug-likeness (QED) is 0.754. The molecule has 0 aromatic heterocycles. The number of amides is 1. The molecule has 0 aliphatic rings. The lowest BCUT2D eigenvalue weighted by Gasteiger charge is -2.17. The summed E-state index contributed by atoms with van der Waals surface area (Å²) in [6, 6.07) is 8.34. The molecule has 0 fully saturated rings. The van der Waals surface area contributed by atoms with Crippen LogP contribution < -0.4 is 5.32 Å². The third-order valence-corrected chi connectivity index (χ3v) is 2.80. The highest BCUT2D eigenvalue weighted by molar-refractivity contribution is 5.77. The van der Waals surface area contributed by atoms with Crippen LogP contribution in [-0.4, -0.2) is 19.1 Å². The van der Waals surface area contributed by atoms with Crippen molar-refractivity contribution in [1.82, 2.24) is 5.32 Å². The maximum Gasteiger partial charge on any atom is 0.246 e. The first-order valence-corrected chi connectivity index (χ1v) is 6.61. The Morgan fingerprint density at radius 3 is 2.50 bits per heavy atom. The van der Waals surface area contributed by atoms with Gasteiger partial charge < -0.3 is 10.1 Å². The molecule has 0 aliphatic carbocycles. The Balaban J connectivity index is 2.51. The van der Waals surface area contributed by atoms with Crippen molar-refractivity contribution in [1.29, 1.82) is 0 Å². The van der Waals surface area contributed by atoms with E-state index >= 15 is 0 Å². The van der Waals surface area contributed by atoms with Gasteiger partial charge in [-0.3, -0.25) is 4.79 Å². The molecule has 1 unspecified atom stereocenters. The maximum absolute atomic E-state index is 11.7. The number of benzene rings is 1. The summed E-state index contributed by atoms with van der Waals surface area (Å²) in [6.45, 7) is 6.93. The highest BCUT2D eigenvalue weighted by Crippen LogP contribution is 2.16. The first-order valence-electron chi connectivity index (χ1n) is 6.61. The van der Waals surface area contributed by atoms with Crippen molar-refractivity contribution in [2.75, 3.05) is 13.2 Å². The largest absolute Gasteiger partial charge is 0.372 e. The van der Waals surface area contributed by atoms with Crippen LogP contribution in [-0.2, 0) is 9.53 Å². The Kier molecular flexibility index (Phi) is 6.44. The van der Waals surface area contributed by atoms with Gasteiger partial charge in [-0.05, 0) is 25.3 Å². The van der Waals surface area contributed by atoms with E-state index < -0.39 is 0 Å². The minimum absolute atomic E-state index is 0.0455. The van der Waals surface area contributed by atoms with E-state index in [4.69, 9.17) is 4.74 Å². The summed E-state index contributed by atoms with van der Waals surface area (Å²) in [5.74, 6) is -0.0455. The van der Waals surface area contributed by atoms with Crippen LogP contribution in [0.2, 0.25) is 0 Å². The zero-order chi connectivity index (χ0) is 13.4. The van der Waals surface area contributed by atoms with E-state index in [-0.39, 0.29) is 18.6 Å². The average molecular weight is 249 g/mol. The van der Waals surface area contributed by atoms with Gasteiger partial charge in [0.1, 0.15) is 6.61 Å². The van der Waals surface area contributed by atoms with Crippen LogP contribution in [0.3, 0.4) is 0 Å². The molecule has 3 nitrogen and oxygen atoms in total. The van der Waals surface area contributed by atoms with Crippen molar-refractivity contribution in [3.63, 3.8) is 0 Å². The lowest BCUT2D eigenvalue weighted by Crippen LogP contribution is -2.31. The number of ether oxygens (including phenoxy) is 1. The summed E-state index contributed by atoms with van der Waals surface area (Å²) in [6.07, 6.45) is 1.81. The predicted octanol–water partition coefficient (Wildman–Crippen LogP) is 2.99. The fourth-order valence-electron chi connectivity index (χ4n) is 1.77. The van der Waals surface area contributed by atoms with Gasteiger partial charge in [0, 0.05) is 6.61 Å². The van der Waals surface area contributed by atoms with Crippen molar-refractivity contribution in [2.24, 2.45) is 0 Å². The molecule has 1 N–H and O–H groups in total. The summed E-state index contributed by atoms with van der Waals surface area (Å²) in [5.41, 5.74) is 2.37. The molecular weight excluding hydrogens is 226 g/mol. The number of carbonyl (C=O) groups excluding carboxylic acids is 1. The normalized spacial score (nSPS) is 12.2. The predicted molar refractivity (Wildman–Crippen MR) is 73.5 cm³/mol. The molecule has 100 valence electrons. The van der Waals surface area contributed by atoms with Gasteiger partial charge in [-0.15, -0.1) is 0 Å². The Bertz CT molecular complexity index is 359. The Hall–Kier alpha value is -1.35. The molecule has 1 rings (SSSR count). The molecule has 0 radical (unpaired) electrons. The zero-order valence-corrected chi connectivity index (χ0v) is 11.5. The van der Waals surface area contributed by atoms with Crippen LogP contribution in [0.4, 0.5) is 0 Å². The Morgan fingerprint density at radius 1 is 1.28 bits per heavy atom. The standard InChI is InChI=1S/C15H23NO2/c1-4-10-18-11-15(17)16-14(5-2)13-8-6-12(3)7-9-13/h6-9,14H,4-5,10-11H2,1-3H3,(H,16,17). The summed E-state index contributed by atoms with van der Waals surface area (Å²) < 4.78 is 5.23. The van der Waals surface area contributed by atoms with Crippen LogP contribution in [0.15, 0.2) is 24.3 Å². The minimum atomic E-state index is -0.0455. The third kappa shape index (κ3) is 4.88. The first kappa shape index (κ1) is 14.7. The highest BCUT2D eigenvalue weighted by Gasteiger charge is 2.12. The van der Waals surface area contributed by atoms with Gasteiger partial charge in [0.25, 0.3) is 0 Å². The third-order valence-electron chi connectivity index (χ3n) is 2.80. The molecule has 0 spiro atoms. The number of nitrogens with one attached hydrogen (secondary N) is 1. The van der Waals surface area contributed by atoms with Gasteiger partial charge in [0.15, 0.2) is 0 Å². The van der Waals surface area contributed by atoms with Gasteiger partial charge in [-0.25, -0.2) is 0 Å². The van der Waals surface area contributed by atoms with E-state index in [9.17, 15) is 4.79 Å². The van der Waals surface area contributed by atoms with Gasteiger partial charge in [0.2, 0.25) is 5.91 Å². The molecule has 1 aromatic rings. The van der Waals surface area contributed by atoms with E-state index in [0.717, 1.165) is 18.4 Å². The van der Waals surface area contributed by atoms with E-state index in [0.29, 0.717) is 6.61 Å². The van der Waals surface area contributed by atoms with Crippen LogP contribution >= 0.6 is 0 Å². The number of hydrogen-bond acceptors (Lipinski definition) is 2. The molecule has 0 saturated carbocycles. The van der Waals surface area contributed by atoms with Crippen molar-refractivity contribution >= 4 is 5.91 Å². The molecule has 1 amide bonds. The zero-order valence-electron chi connectivity index (χ0n) is 11.5. The monoisotopic (exact) mass is 249 g/mol. The molecule has 0 bridgehead atoms. The van der Waals surface area contributed by atoms with E-state index in [2.05, 4.69) is 43.4 Å². The lowest BCUT2D eigenvalue weighted by atomic mass is 10.0. The van der Waals surface area contributed by atoms with Gasteiger partial charge in [-0.1, -0.05) is 43.7 Å². The SMILES string of the molecule is CCCOCC(=O)NC(CC)c1ccc(C)cc1. The molecule has 1 aromatic carbocycles. The fourth-order valence-corrected chi connectivity index (χ4v) is 1.77. The Morgan fingerprint density at radius 2 is 1.94 bits per heavy atom. The van der Waals surface area contributed by atoms with E-state index in [1.54, 1.807) is 0 Å². The van der Waals surface area contributed by atoms with Crippen LogP contribution in [0.25, 0.3) is 0 Å². The number of aryl methyl sites for hydroxylation is 1. The highest BCUT2D eigenvalue weighted by atomic mass is 16.5. The number of carbonyl (C=O) groups is 1. The smallest absolute Gasteiger partial charge is 0.246 e. The summed E-state index contributed by atoms with van der Waals surface area (Å²) >= 11 is 0. The maximum atomic E-state index is 11.7. The topological polar surface area (TPSA) is 38.3 Å². The number of rotatable bonds is 7. The van der Waals surface area contributed by atoms with E-state index in [1.807, 2.05) is 6.92 Å². The molecule has 3 heteroatoms. The molecule has 0 heterocycles. The van der Waals surface area contributed by atoms with Crippen molar-refractivity contribution in [2.45, 2.75) is 39.7 Å². The van der Waals surface area contributed by atoms with Gasteiger partial charge in [-0.2, -0.15) is 0 Å². The average Bonchev–Trinajstić information content (AvgIpc) is 2.37. The molecule has 0 saturated heterocycles. The molecule has 1 atom stereocenters. The molecule has 18 heavy (non-hydrogen) atoms.